The highest BCUT2D eigenvalue weighted by Gasteiger charge is 2.46. The molecule has 218 valence electrons. The molecule has 0 unspecified atom stereocenters. The number of hydrogen-bond acceptors (Lipinski definition) is 8. The predicted molar refractivity (Wildman–Crippen MR) is 151 cm³/mol. The Morgan fingerprint density at radius 2 is 1.64 bits per heavy atom. The van der Waals surface area contributed by atoms with Crippen LogP contribution >= 0.6 is 0 Å². The van der Waals surface area contributed by atoms with Crippen molar-refractivity contribution >= 4 is 23.1 Å². The standard InChI is InChI=1S/C31H30FN3O7/c32-24-8-2-21(3-9-24)20-42-26-12-6-23(7-13-26)29(36)27-28(22-4-10-25(11-5-22)35(39)40)34(31(38)30(27)37)15-1-14-33-16-18-41-19-17-33/h2-13,28,36H,1,14-20H2/t28-/m0/s1. The number of aliphatic hydroxyl groups excluding tert-OH is 1. The summed E-state index contributed by atoms with van der Waals surface area (Å²) < 4.78 is 24.3. The molecule has 1 amide bonds. The van der Waals surface area contributed by atoms with E-state index in [-0.39, 0.29) is 36.0 Å². The van der Waals surface area contributed by atoms with Gasteiger partial charge < -0.3 is 19.5 Å². The van der Waals surface area contributed by atoms with E-state index in [4.69, 9.17) is 9.47 Å². The maximum atomic E-state index is 13.3. The molecule has 2 fully saturated rings. The molecule has 0 spiro atoms. The monoisotopic (exact) mass is 575 g/mol. The number of nitro groups is 1. The average molecular weight is 576 g/mol. The largest absolute Gasteiger partial charge is 0.507 e. The van der Waals surface area contributed by atoms with Gasteiger partial charge in [-0.1, -0.05) is 12.1 Å². The van der Waals surface area contributed by atoms with Crippen molar-refractivity contribution in [2.45, 2.75) is 19.1 Å². The topological polar surface area (TPSA) is 122 Å². The van der Waals surface area contributed by atoms with Gasteiger partial charge in [0.1, 0.15) is 23.9 Å². The number of hydrogen-bond donors (Lipinski definition) is 1. The summed E-state index contributed by atoms with van der Waals surface area (Å²) in [4.78, 5) is 40.9. The highest BCUT2D eigenvalue weighted by molar-refractivity contribution is 6.46. The van der Waals surface area contributed by atoms with Crippen LogP contribution < -0.4 is 4.74 Å². The van der Waals surface area contributed by atoms with Gasteiger partial charge >= 0.3 is 0 Å². The number of Topliss-reactive ketones (excluding diaryl/α,β-unsaturated/α-hetero) is 1. The number of aliphatic hydroxyl groups is 1. The zero-order chi connectivity index (χ0) is 29.6. The first-order valence-electron chi connectivity index (χ1n) is 13.6. The van der Waals surface area contributed by atoms with Crippen molar-refractivity contribution in [1.82, 2.24) is 9.80 Å². The van der Waals surface area contributed by atoms with Crippen LogP contribution in [0, 0.1) is 15.9 Å². The van der Waals surface area contributed by atoms with Crippen molar-refractivity contribution in [2.24, 2.45) is 0 Å². The molecule has 0 bridgehead atoms. The van der Waals surface area contributed by atoms with Gasteiger partial charge in [0.15, 0.2) is 0 Å². The Bertz CT molecular complexity index is 1470. The number of nitrogens with zero attached hydrogens (tertiary/aromatic N) is 3. The van der Waals surface area contributed by atoms with Crippen LogP contribution in [0.1, 0.15) is 29.2 Å². The number of amides is 1. The number of halogens is 1. The van der Waals surface area contributed by atoms with Crippen molar-refractivity contribution < 1.29 is 33.5 Å². The second-order valence-corrected chi connectivity index (χ2v) is 10.1. The molecule has 10 nitrogen and oxygen atoms in total. The number of ketones is 1. The molecule has 42 heavy (non-hydrogen) atoms. The van der Waals surface area contributed by atoms with Crippen molar-refractivity contribution in [1.29, 1.82) is 0 Å². The molecule has 1 atom stereocenters. The van der Waals surface area contributed by atoms with E-state index >= 15 is 0 Å². The van der Waals surface area contributed by atoms with Crippen LogP contribution in [-0.2, 0) is 20.9 Å². The number of carbonyl (C=O) groups excluding carboxylic acids is 2. The number of likely N-dealkylation sites (tertiary alicyclic amines) is 1. The molecule has 2 saturated heterocycles. The Balaban J connectivity index is 1.40. The minimum atomic E-state index is -0.912. The van der Waals surface area contributed by atoms with E-state index in [1.165, 1.54) is 41.3 Å². The molecule has 2 heterocycles. The Kier molecular flexibility index (Phi) is 8.89. The average Bonchev–Trinajstić information content (AvgIpc) is 3.26. The number of morpholine rings is 1. The SMILES string of the molecule is O=C1C(=O)N(CCCN2CCOCC2)[C@@H](c2ccc([N+](=O)[O-])cc2)C1=C(O)c1ccc(OCc2ccc(F)cc2)cc1. The lowest BCUT2D eigenvalue weighted by molar-refractivity contribution is -0.384. The Morgan fingerprint density at radius 1 is 0.976 bits per heavy atom. The van der Waals surface area contributed by atoms with E-state index in [0.29, 0.717) is 43.1 Å². The zero-order valence-electron chi connectivity index (χ0n) is 22.8. The summed E-state index contributed by atoms with van der Waals surface area (Å²) >= 11 is 0. The highest BCUT2D eigenvalue weighted by atomic mass is 19.1. The molecule has 0 radical (unpaired) electrons. The smallest absolute Gasteiger partial charge is 0.295 e. The summed E-state index contributed by atoms with van der Waals surface area (Å²) in [6.45, 7) is 4.03. The maximum Gasteiger partial charge on any atom is 0.295 e. The van der Waals surface area contributed by atoms with Crippen molar-refractivity contribution in [3.05, 3.63) is 111 Å². The minimum absolute atomic E-state index is 0.0831. The summed E-state index contributed by atoms with van der Waals surface area (Å²) in [5.74, 6) is -1.75. The third kappa shape index (κ3) is 6.48. The van der Waals surface area contributed by atoms with E-state index in [1.54, 1.807) is 36.4 Å². The Morgan fingerprint density at radius 3 is 2.29 bits per heavy atom. The Hall–Kier alpha value is -4.61. The number of carbonyl (C=O) groups is 2. The molecule has 0 saturated carbocycles. The molecule has 0 aromatic heterocycles. The summed E-state index contributed by atoms with van der Waals surface area (Å²) in [6.07, 6.45) is 0.594. The predicted octanol–water partition coefficient (Wildman–Crippen LogP) is 4.46. The van der Waals surface area contributed by atoms with Crippen LogP contribution in [0.15, 0.2) is 78.4 Å². The quantitative estimate of drug-likeness (QED) is 0.124. The summed E-state index contributed by atoms with van der Waals surface area (Å²) in [6, 6.07) is 17.1. The molecule has 5 rings (SSSR count). The lowest BCUT2D eigenvalue weighted by Crippen LogP contribution is -2.38. The molecule has 3 aromatic rings. The lowest BCUT2D eigenvalue weighted by Gasteiger charge is -2.29. The van der Waals surface area contributed by atoms with E-state index in [0.717, 1.165) is 18.7 Å². The zero-order valence-corrected chi connectivity index (χ0v) is 22.8. The lowest BCUT2D eigenvalue weighted by atomic mass is 9.95. The summed E-state index contributed by atoms with van der Waals surface area (Å²) in [7, 11) is 0. The third-order valence-electron chi connectivity index (χ3n) is 7.38. The normalized spacial score (nSPS) is 18.8. The van der Waals surface area contributed by atoms with Crippen molar-refractivity contribution in [3.63, 3.8) is 0 Å². The van der Waals surface area contributed by atoms with Gasteiger partial charge in [-0.3, -0.25) is 24.6 Å². The van der Waals surface area contributed by atoms with Gasteiger partial charge in [0, 0.05) is 43.9 Å². The van der Waals surface area contributed by atoms with Gasteiger partial charge in [-0.2, -0.15) is 0 Å². The molecule has 11 heteroatoms. The van der Waals surface area contributed by atoms with Gasteiger partial charge in [-0.05, 0) is 66.1 Å². The van der Waals surface area contributed by atoms with Crippen LogP contribution in [0.2, 0.25) is 0 Å². The molecule has 1 N–H and O–H groups in total. The third-order valence-corrected chi connectivity index (χ3v) is 7.38. The molecule has 0 aliphatic carbocycles. The van der Waals surface area contributed by atoms with Gasteiger partial charge in [-0.15, -0.1) is 0 Å². The second-order valence-electron chi connectivity index (χ2n) is 10.1. The molecule has 3 aromatic carbocycles. The van der Waals surface area contributed by atoms with Gasteiger partial charge in [-0.25, -0.2) is 4.39 Å². The first-order chi connectivity index (χ1) is 20.3. The minimum Gasteiger partial charge on any atom is -0.507 e. The van der Waals surface area contributed by atoms with Crippen LogP contribution in [-0.4, -0.2) is 70.9 Å². The van der Waals surface area contributed by atoms with Crippen LogP contribution in [0.3, 0.4) is 0 Å². The second kappa shape index (κ2) is 12.9. The van der Waals surface area contributed by atoms with Crippen LogP contribution in [0.5, 0.6) is 5.75 Å². The molecular formula is C31H30FN3O7. The number of ether oxygens (including phenoxy) is 2. The van der Waals surface area contributed by atoms with Crippen molar-refractivity contribution in [3.8, 4) is 5.75 Å². The molecular weight excluding hydrogens is 545 g/mol. The highest BCUT2D eigenvalue weighted by Crippen LogP contribution is 2.40. The fourth-order valence-corrected chi connectivity index (χ4v) is 5.14. The Labute approximate surface area is 241 Å². The first kappa shape index (κ1) is 28.9. The number of rotatable bonds is 10. The van der Waals surface area contributed by atoms with Crippen LogP contribution in [0.4, 0.5) is 10.1 Å². The van der Waals surface area contributed by atoms with E-state index in [2.05, 4.69) is 4.90 Å². The first-order valence-corrected chi connectivity index (χ1v) is 13.6. The number of nitro benzene ring substituents is 1. The van der Waals surface area contributed by atoms with Gasteiger partial charge in [0.05, 0.1) is 29.8 Å². The van der Waals surface area contributed by atoms with E-state index < -0.39 is 22.7 Å². The van der Waals surface area contributed by atoms with Crippen LogP contribution in [0.25, 0.3) is 5.76 Å². The van der Waals surface area contributed by atoms with Crippen molar-refractivity contribution in [2.75, 3.05) is 39.4 Å². The molecule has 2 aliphatic heterocycles. The maximum absolute atomic E-state index is 13.3. The van der Waals surface area contributed by atoms with E-state index in [9.17, 15) is 29.2 Å². The fourth-order valence-electron chi connectivity index (χ4n) is 5.14. The van der Waals surface area contributed by atoms with Gasteiger partial charge in [0.25, 0.3) is 17.4 Å². The molecule has 2 aliphatic rings. The number of non-ortho nitro benzene ring substituents is 1. The fraction of sp³-hybridized carbons (Fsp3) is 0.290. The number of benzene rings is 3. The van der Waals surface area contributed by atoms with Gasteiger partial charge in [0.2, 0.25) is 0 Å². The summed E-state index contributed by atoms with van der Waals surface area (Å²) in [5.41, 5.74) is 1.36. The van der Waals surface area contributed by atoms with E-state index in [1.807, 2.05) is 0 Å². The summed E-state index contributed by atoms with van der Waals surface area (Å²) in [5, 5.41) is 22.5.